The number of aromatic nitrogens is 1. The van der Waals surface area contributed by atoms with Gasteiger partial charge >= 0.3 is 0 Å². The van der Waals surface area contributed by atoms with Crippen LogP contribution in [0.1, 0.15) is 63.5 Å². The Kier molecular flexibility index (Phi) is 17.3. The molecule has 0 bridgehead atoms. The normalized spacial score (nSPS) is 22.9. The standard InChI is InChI=1S/C44H56N12O8/c1-25(57)37-24-50-38(59)17-16-33(51-26(2)58)40(61)55-36(22-29-12-8-18-47-29)43(64)53-34(20-27-10-4-3-5-11-27)41(62)52-32(15-9-19-48-44(45)46)39(60)54-35(42(63)56-37)21-28-23-49-31-14-7-6-13-30(28)31/h3-7,10-14,18,23,32-37,49H,8-9,15-17,19-22,24H2,1-2H3,(H,50,59)(H,51,58)(H,52,62)(H,53,64)(H,54,60)(H,55,61)(H,56,63)(H4,45,46,48)/t32-,33-,34+,35-,36-,37-/m0/s1. The van der Waals surface area contributed by atoms with Crippen LogP contribution in [0.5, 0.6) is 0 Å². The highest BCUT2D eigenvalue weighted by Gasteiger charge is 2.34. The first kappa shape index (κ1) is 47.7. The number of H-pyrrole nitrogens is 1. The first-order valence-corrected chi connectivity index (χ1v) is 21.1. The van der Waals surface area contributed by atoms with Gasteiger partial charge in [0.2, 0.25) is 41.4 Å². The summed E-state index contributed by atoms with van der Waals surface area (Å²) >= 11 is 0. The van der Waals surface area contributed by atoms with Crippen LogP contribution in [0.2, 0.25) is 0 Å². The Labute approximate surface area is 369 Å². The molecule has 3 aromatic rings. The molecule has 0 unspecified atom stereocenters. The van der Waals surface area contributed by atoms with Crippen LogP contribution in [-0.4, -0.2) is 114 Å². The summed E-state index contributed by atoms with van der Waals surface area (Å²) in [5.41, 5.74) is 13.7. The van der Waals surface area contributed by atoms with Gasteiger partial charge in [-0.3, -0.25) is 48.3 Å². The average Bonchev–Trinajstić information content (AvgIpc) is 3.93. The van der Waals surface area contributed by atoms with Crippen LogP contribution in [-0.2, 0) is 51.2 Å². The van der Waals surface area contributed by atoms with Crippen molar-refractivity contribution in [2.75, 3.05) is 13.1 Å². The molecule has 0 aliphatic carbocycles. The average molecular weight is 881 g/mol. The van der Waals surface area contributed by atoms with Crippen LogP contribution in [0, 0.1) is 0 Å². The quantitative estimate of drug-likeness (QED) is 0.0613. The van der Waals surface area contributed by atoms with Gasteiger partial charge in [-0.2, -0.15) is 0 Å². The molecule has 6 atom stereocenters. The van der Waals surface area contributed by atoms with E-state index in [4.69, 9.17) is 11.5 Å². The maximum Gasteiger partial charge on any atom is 0.243 e. The van der Waals surface area contributed by atoms with Crippen LogP contribution in [0.4, 0.5) is 0 Å². The van der Waals surface area contributed by atoms with E-state index in [9.17, 15) is 38.4 Å². The van der Waals surface area contributed by atoms with E-state index < -0.39 is 83.4 Å². The topological polar surface area (TPSA) is 313 Å². The number of amides is 7. The lowest BCUT2D eigenvalue weighted by molar-refractivity contribution is -0.135. The monoisotopic (exact) mass is 880 g/mol. The number of nitrogens with two attached hydrogens (primary N) is 2. The maximum absolute atomic E-state index is 14.5. The molecule has 1 fully saturated rings. The van der Waals surface area contributed by atoms with Crippen molar-refractivity contribution in [1.82, 2.24) is 42.2 Å². The van der Waals surface area contributed by atoms with Gasteiger partial charge in [0.05, 0.1) is 0 Å². The molecule has 0 radical (unpaired) electrons. The molecule has 1 saturated heterocycles. The first-order chi connectivity index (χ1) is 30.7. The predicted molar refractivity (Wildman–Crippen MR) is 238 cm³/mol. The number of nitrogens with zero attached hydrogens (tertiary/aromatic N) is 2. The third kappa shape index (κ3) is 14.3. The molecule has 5 rings (SSSR count). The van der Waals surface area contributed by atoms with Gasteiger partial charge in [0.15, 0.2) is 11.7 Å². The zero-order chi connectivity index (χ0) is 46.2. The van der Waals surface area contributed by atoms with Gasteiger partial charge in [0.25, 0.3) is 0 Å². The fourth-order valence-corrected chi connectivity index (χ4v) is 7.28. The third-order valence-electron chi connectivity index (χ3n) is 10.7. The number of carbonyl (C=O) groups is 8. The van der Waals surface area contributed by atoms with Gasteiger partial charge in [-0.15, -0.1) is 0 Å². The van der Waals surface area contributed by atoms with Crippen molar-refractivity contribution in [3.05, 3.63) is 83.7 Å². The van der Waals surface area contributed by atoms with Crippen LogP contribution in [0.3, 0.4) is 0 Å². The smallest absolute Gasteiger partial charge is 0.243 e. The van der Waals surface area contributed by atoms with Crippen molar-refractivity contribution < 1.29 is 38.4 Å². The van der Waals surface area contributed by atoms with Gasteiger partial charge < -0.3 is 53.7 Å². The SMILES string of the molecule is CC(=O)N[C@H]1CCC(=O)NC[C@@H](C(C)=O)NC(=O)[C@H](Cc2c[nH]c3ccccc23)NC(=O)[C@H](CCCN=C(N)N)NC(=O)[C@@H](Cc2ccccc2)NC(=O)[C@H](CC2=CCC=N2)NC1=O. The zero-order valence-corrected chi connectivity index (χ0v) is 35.8. The minimum atomic E-state index is -1.31. The first-order valence-electron chi connectivity index (χ1n) is 21.1. The van der Waals surface area contributed by atoms with Gasteiger partial charge in [-0.05, 0) is 43.4 Å². The molecule has 2 aliphatic heterocycles. The lowest BCUT2D eigenvalue weighted by Gasteiger charge is -2.27. The number of nitrogens with one attached hydrogen (secondary N) is 8. The number of aromatic amines is 1. The Morgan fingerprint density at radius 3 is 2.06 bits per heavy atom. The number of ketones is 1. The van der Waals surface area contributed by atoms with E-state index in [0.29, 0.717) is 23.2 Å². The number of rotatable bonds is 12. The second-order valence-corrected chi connectivity index (χ2v) is 15.7. The zero-order valence-electron chi connectivity index (χ0n) is 35.8. The largest absolute Gasteiger partial charge is 0.370 e. The van der Waals surface area contributed by atoms with Crippen molar-refractivity contribution in [1.29, 1.82) is 0 Å². The summed E-state index contributed by atoms with van der Waals surface area (Å²) in [6, 6.07) is 8.43. The molecular formula is C44H56N12O8. The minimum absolute atomic E-state index is 0.0146. The van der Waals surface area contributed by atoms with Crippen molar-refractivity contribution in [3.8, 4) is 0 Å². The van der Waals surface area contributed by atoms with Crippen molar-refractivity contribution >= 4 is 70.2 Å². The summed E-state index contributed by atoms with van der Waals surface area (Å²) in [6.45, 7) is 2.18. The second kappa shape index (κ2) is 23.2. The van der Waals surface area contributed by atoms with Gasteiger partial charge in [0, 0.05) is 81.1 Å². The van der Waals surface area contributed by atoms with E-state index in [-0.39, 0.29) is 64.0 Å². The number of hydrogen-bond donors (Lipinski definition) is 10. The van der Waals surface area contributed by atoms with E-state index in [1.54, 1.807) is 48.8 Å². The molecule has 20 nitrogen and oxygen atoms in total. The molecule has 1 aromatic heterocycles. The van der Waals surface area contributed by atoms with Crippen LogP contribution in [0.15, 0.2) is 82.6 Å². The Hall–Kier alpha value is -7.38. The molecule has 2 aliphatic rings. The molecule has 340 valence electrons. The molecule has 12 N–H and O–H groups in total. The van der Waals surface area contributed by atoms with E-state index in [1.807, 2.05) is 24.3 Å². The van der Waals surface area contributed by atoms with Crippen molar-refractivity contribution in [2.24, 2.45) is 21.5 Å². The summed E-state index contributed by atoms with van der Waals surface area (Å²) in [4.78, 5) is 121. The highest BCUT2D eigenvalue weighted by atomic mass is 16.2. The predicted octanol–water partition coefficient (Wildman–Crippen LogP) is -0.817. The summed E-state index contributed by atoms with van der Waals surface area (Å²) in [6.07, 6.45) is 5.13. The maximum atomic E-state index is 14.5. The molecule has 0 saturated carbocycles. The molecule has 20 heteroatoms. The van der Waals surface area contributed by atoms with Crippen LogP contribution in [0.25, 0.3) is 10.9 Å². The molecule has 7 amide bonds. The summed E-state index contributed by atoms with van der Waals surface area (Å²) in [5, 5.41) is 19.6. The summed E-state index contributed by atoms with van der Waals surface area (Å²) in [7, 11) is 0. The number of aliphatic imine (C=N–C) groups is 2. The number of guanidine groups is 1. The van der Waals surface area contributed by atoms with Crippen molar-refractivity contribution in [2.45, 2.75) is 101 Å². The molecule has 0 spiro atoms. The van der Waals surface area contributed by atoms with Gasteiger partial charge in [0.1, 0.15) is 36.3 Å². The summed E-state index contributed by atoms with van der Waals surface area (Å²) < 4.78 is 0. The van der Waals surface area contributed by atoms with Gasteiger partial charge in [-0.1, -0.05) is 54.6 Å². The van der Waals surface area contributed by atoms with Crippen LogP contribution < -0.4 is 48.7 Å². The minimum Gasteiger partial charge on any atom is -0.370 e. The fourth-order valence-electron chi connectivity index (χ4n) is 7.28. The number of benzene rings is 2. The lowest BCUT2D eigenvalue weighted by Crippen LogP contribution is -2.60. The second-order valence-electron chi connectivity index (χ2n) is 15.7. The number of allylic oxidation sites excluding steroid dienone is 1. The van der Waals surface area contributed by atoms with E-state index in [0.717, 1.165) is 10.9 Å². The number of carbonyl (C=O) groups excluding carboxylic acids is 8. The molecule has 2 aromatic carbocycles. The number of hydrogen-bond acceptors (Lipinski definition) is 10. The fraction of sp³-hybridized carbons (Fsp3) is 0.409. The number of fused-ring (bicyclic) bond motifs is 1. The number of Topliss-reactive ketones (excluding diaryl/α,β-unsaturated/α-hetero) is 1. The Morgan fingerprint density at radius 2 is 1.39 bits per heavy atom. The molecule has 64 heavy (non-hydrogen) atoms. The van der Waals surface area contributed by atoms with E-state index >= 15 is 0 Å². The van der Waals surface area contributed by atoms with E-state index in [1.165, 1.54) is 13.8 Å². The summed E-state index contributed by atoms with van der Waals surface area (Å²) in [5.74, 6) is -5.69. The molecule has 3 heterocycles. The van der Waals surface area contributed by atoms with Crippen LogP contribution >= 0.6 is 0 Å². The number of para-hydroxylation sites is 1. The Morgan fingerprint density at radius 1 is 0.766 bits per heavy atom. The van der Waals surface area contributed by atoms with Crippen molar-refractivity contribution in [3.63, 3.8) is 0 Å². The Balaban J connectivity index is 1.55. The molecular weight excluding hydrogens is 825 g/mol. The highest BCUT2D eigenvalue weighted by Crippen LogP contribution is 2.20. The highest BCUT2D eigenvalue weighted by molar-refractivity contribution is 5.98. The third-order valence-corrected chi connectivity index (χ3v) is 10.7. The Bertz CT molecular complexity index is 2290. The van der Waals surface area contributed by atoms with Gasteiger partial charge in [-0.25, -0.2) is 0 Å². The lowest BCUT2D eigenvalue weighted by atomic mass is 10.0. The van der Waals surface area contributed by atoms with E-state index in [2.05, 4.69) is 52.2 Å².